The average molecular weight is 252 g/mol. The third-order valence-corrected chi connectivity index (χ3v) is 4.35. The molecule has 1 N–H and O–H groups in total. The highest BCUT2D eigenvalue weighted by Gasteiger charge is 2.18. The van der Waals surface area contributed by atoms with Gasteiger partial charge >= 0.3 is 0 Å². The fraction of sp³-hybridized carbons (Fsp3) is 0.714. The Labute approximate surface area is 109 Å². The van der Waals surface area contributed by atoms with Gasteiger partial charge < -0.3 is 5.32 Å². The van der Waals surface area contributed by atoms with Crippen molar-refractivity contribution < 1.29 is 0 Å². The van der Waals surface area contributed by atoms with E-state index in [-0.39, 0.29) is 0 Å². The first-order valence-corrected chi connectivity index (χ1v) is 7.54. The van der Waals surface area contributed by atoms with Crippen molar-refractivity contribution in [3.8, 4) is 0 Å². The van der Waals surface area contributed by atoms with Gasteiger partial charge in [0.15, 0.2) is 0 Å². The normalized spacial score (nSPS) is 18.4. The molecule has 96 valence electrons. The van der Waals surface area contributed by atoms with Crippen molar-refractivity contribution >= 4 is 11.3 Å². The van der Waals surface area contributed by atoms with Crippen LogP contribution >= 0.6 is 11.3 Å². The van der Waals surface area contributed by atoms with Crippen molar-refractivity contribution in [2.24, 2.45) is 5.92 Å². The van der Waals surface area contributed by atoms with E-state index in [0.29, 0.717) is 6.04 Å². The smallest absolute Gasteiger partial charge is 0.0245 e. The summed E-state index contributed by atoms with van der Waals surface area (Å²) in [6, 6.07) is 2.89. The van der Waals surface area contributed by atoms with E-state index in [4.69, 9.17) is 0 Å². The first kappa shape index (κ1) is 13.1. The summed E-state index contributed by atoms with van der Waals surface area (Å²) >= 11 is 1.92. The lowest BCUT2D eigenvalue weighted by atomic mass is 10.1. The Balaban J connectivity index is 1.77. The zero-order valence-corrected chi connectivity index (χ0v) is 12.0. The molecule has 1 aliphatic heterocycles. The van der Waals surface area contributed by atoms with Gasteiger partial charge in [-0.3, -0.25) is 4.90 Å². The third-order valence-electron chi connectivity index (χ3n) is 3.33. The highest BCUT2D eigenvalue weighted by Crippen LogP contribution is 2.24. The lowest BCUT2D eigenvalue weighted by Gasteiger charge is -2.29. The molecule has 1 aliphatic rings. The van der Waals surface area contributed by atoms with Crippen LogP contribution in [0.4, 0.5) is 0 Å². The number of thiophene rings is 1. The summed E-state index contributed by atoms with van der Waals surface area (Å²) in [6.45, 7) is 11.5. The van der Waals surface area contributed by atoms with Crippen LogP contribution in [0.3, 0.4) is 0 Å². The Morgan fingerprint density at radius 2 is 2.24 bits per heavy atom. The third kappa shape index (κ3) is 3.80. The molecule has 0 bridgehead atoms. The summed E-state index contributed by atoms with van der Waals surface area (Å²) < 4.78 is 0. The molecular weight excluding hydrogens is 228 g/mol. The first-order chi connectivity index (χ1) is 8.15. The minimum absolute atomic E-state index is 0.599. The molecule has 0 spiro atoms. The minimum Gasteiger partial charge on any atom is -0.314 e. The van der Waals surface area contributed by atoms with E-state index in [9.17, 15) is 0 Å². The van der Waals surface area contributed by atoms with E-state index in [1.165, 1.54) is 19.5 Å². The molecule has 17 heavy (non-hydrogen) atoms. The summed E-state index contributed by atoms with van der Waals surface area (Å²) in [7, 11) is 0. The molecule has 0 saturated carbocycles. The van der Waals surface area contributed by atoms with Crippen molar-refractivity contribution in [1.82, 2.24) is 10.2 Å². The minimum atomic E-state index is 0.599. The number of hydrogen-bond donors (Lipinski definition) is 1. The fourth-order valence-corrected chi connectivity index (χ4v) is 3.29. The largest absolute Gasteiger partial charge is 0.314 e. The number of hydrogen-bond acceptors (Lipinski definition) is 3. The highest BCUT2D eigenvalue weighted by atomic mass is 32.1. The van der Waals surface area contributed by atoms with E-state index in [2.05, 4.69) is 42.4 Å². The standard InChI is InChI=1S/C14H24N2S/c1-11(2)15-8-12(3)9-16-6-4-14-13(10-16)5-7-17-14/h5,7,11-12,15H,4,6,8-10H2,1-3H3. The van der Waals surface area contributed by atoms with Gasteiger partial charge in [-0.25, -0.2) is 0 Å². The molecule has 0 aromatic carbocycles. The Morgan fingerprint density at radius 3 is 3.00 bits per heavy atom. The Hall–Kier alpha value is -0.380. The maximum atomic E-state index is 3.52. The van der Waals surface area contributed by atoms with Crippen LogP contribution in [0.25, 0.3) is 0 Å². The number of rotatable bonds is 5. The first-order valence-electron chi connectivity index (χ1n) is 6.66. The summed E-state index contributed by atoms with van der Waals surface area (Å²) in [5.74, 6) is 0.734. The summed E-state index contributed by atoms with van der Waals surface area (Å²) in [4.78, 5) is 4.20. The summed E-state index contributed by atoms with van der Waals surface area (Å²) in [5, 5.41) is 5.76. The SMILES string of the molecule is CC(CNC(C)C)CN1CCc2sccc2C1. The topological polar surface area (TPSA) is 15.3 Å². The zero-order valence-electron chi connectivity index (χ0n) is 11.2. The Kier molecular flexibility index (Phi) is 4.60. The average Bonchev–Trinajstić information content (AvgIpc) is 2.73. The molecule has 1 unspecified atom stereocenters. The molecule has 1 atom stereocenters. The van der Waals surface area contributed by atoms with Crippen LogP contribution in [0, 0.1) is 5.92 Å². The van der Waals surface area contributed by atoms with Gasteiger partial charge in [0.05, 0.1) is 0 Å². The van der Waals surface area contributed by atoms with Crippen LogP contribution in [0.1, 0.15) is 31.2 Å². The number of nitrogens with one attached hydrogen (secondary N) is 1. The van der Waals surface area contributed by atoms with Crippen molar-refractivity contribution in [1.29, 1.82) is 0 Å². The molecule has 3 heteroatoms. The summed E-state index contributed by atoms with van der Waals surface area (Å²) in [5.41, 5.74) is 1.56. The van der Waals surface area contributed by atoms with Crippen molar-refractivity contribution in [3.63, 3.8) is 0 Å². The number of fused-ring (bicyclic) bond motifs is 1. The fourth-order valence-electron chi connectivity index (χ4n) is 2.40. The Morgan fingerprint density at radius 1 is 1.41 bits per heavy atom. The predicted octanol–water partition coefficient (Wildman–Crippen LogP) is 2.74. The van der Waals surface area contributed by atoms with Gasteiger partial charge in [-0.15, -0.1) is 11.3 Å². The molecule has 1 aromatic heterocycles. The molecule has 0 aliphatic carbocycles. The lowest BCUT2D eigenvalue weighted by Crippen LogP contribution is -2.37. The van der Waals surface area contributed by atoms with Gasteiger partial charge in [0.25, 0.3) is 0 Å². The highest BCUT2D eigenvalue weighted by molar-refractivity contribution is 7.10. The molecule has 0 radical (unpaired) electrons. The van der Waals surface area contributed by atoms with Crippen LogP contribution in [0.15, 0.2) is 11.4 Å². The second kappa shape index (κ2) is 5.98. The maximum Gasteiger partial charge on any atom is 0.0245 e. The molecular formula is C14H24N2S. The molecule has 0 saturated heterocycles. The van der Waals surface area contributed by atoms with Crippen molar-refractivity contribution in [2.45, 2.75) is 39.8 Å². The van der Waals surface area contributed by atoms with Crippen LogP contribution in [-0.4, -0.2) is 30.6 Å². The van der Waals surface area contributed by atoms with Gasteiger partial charge in [0.2, 0.25) is 0 Å². The van der Waals surface area contributed by atoms with Crippen LogP contribution in [0.5, 0.6) is 0 Å². The molecule has 0 amide bonds. The molecule has 2 nitrogen and oxygen atoms in total. The van der Waals surface area contributed by atoms with Crippen LogP contribution in [-0.2, 0) is 13.0 Å². The van der Waals surface area contributed by atoms with Gasteiger partial charge in [-0.05, 0) is 35.9 Å². The Bertz CT molecular complexity index is 346. The van der Waals surface area contributed by atoms with E-state index in [0.717, 1.165) is 19.0 Å². The van der Waals surface area contributed by atoms with E-state index < -0.39 is 0 Å². The van der Waals surface area contributed by atoms with Gasteiger partial charge in [-0.1, -0.05) is 20.8 Å². The molecule has 0 fully saturated rings. The van der Waals surface area contributed by atoms with Gasteiger partial charge in [-0.2, -0.15) is 0 Å². The maximum absolute atomic E-state index is 3.52. The summed E-state index contributed by atoms with van der Waals surface area (Å²) in [6.07, 6.45) is 1.25. The molecule has 1 aromatic rings. The monoisotopic (exact) mass is 252 g/mol. The van der Waals surface area contributed by atoms with Crippen LogP contribution < -0.4 is 5.32 Å². The molecule has 2 rings (SSSR count). The lowest BCUT2D eigenvalue weighted by molar-refractivity contribution is 0.217. The van der Waals surface area contributed by atoms with Gasteiger partial charge in [0.1, 0.15) is 0 Å². The van der Waals surface area contributed by atoms with Crippen molar-refractivity contribution in [2.75, 3.05) is 19.6 Å². The molecule has 2 heterocycles. The zero-order chi connectivity index (χ0) is 12.3. The number of nitrogens with zero attached hydrogens (tertiary/aromatic N) is 1. The van der Waals surface area contributed by atoms with Gasteiger partial charge in [0, 0.05) is 30.6 Å². The van der Waals surface area contributed by atoms with E-state index in [1.54, 1.807) is 10.4 Å². The quantitative estimate of drug-likeness (QED) is 0.867. The van der Waals surface area contributed by atoms with Crippen molar-refractivity contribution in [3.05, 3.63) is 21.9 Å². The van der Waals surface area contributed by atoms with Crippen LogP contribution in [0.2, 0.25) is 0 Å². The van der Waals surface area contributed by atoms with E-state index >= 15 is 0 Å². The second-order valence-electron chi connectivity index (χ2n) is 5.52. The predicted molar refractivity (Wildman–Crippen MR) is 75.6 cm³/mol. The second-order valence-corrected chi connectivity index (χ2v) is 6.52. The van der Waals surface area contributed by atoms with E-state index in [1.807, 2.05) is 11.3 Å².